The summed E-state index contributed by atoms with van der Waals surface area (Å²) in [5.74, 6) is 4.09. The molecule has 4 bridgehead atoms. The lowest BCUT2D eigenvalue weighted by molar-refractivity contribution is 0.0626. The molecule has 1 amide bonds. The van der Waals surface area contributed by atoms with Gasteiger partial charge in [-0.15, -0.1) is 0 Å². The van der Waals surface area contributed by atoms with Gasteiger partial charge in [0.2, 0.25) is 5.89 Å². The molecule has 148 valence electrons. The molecule has 4 fully saturated rings. The smallest absolute Gasteiger partial charge is 0.276 e. The van der Waals surface area contributed by atoms with Gasteiger partial charge in [-0.3, -0.25) is 4.79 Å². The van der Waals surface area contributed by atoms with E-state index in [0.29, 0.717) is 29.3 Å². The molecular formula is C22H26N2O4. The molecule has 1 aromatic heterocycles. The molecule has 2 saturated heterocycles. The van der Waals surface area contributed by atoms with Crippen LogP contribution in [0.2, 0.25) is 0 Å². The molecular weight excluding hydrogens is 356 g/mol. The normalized spacial score (nSPS) is 28.2. The number of ether oxygens (including phenoxy) is 2. The molecule has 6 heteroatoms. The average molecular weight is 382 g/mol. The third-order valence-electron chi connectivity index (χ3n) is 6.54. The van der Waals surface area contributed by atoms with Gasteiger partial charge in [-0.1, -0.05) is 6.07 Å². The molecule has 6 rings (SSSR count). The van der Waals surface area contributed by atoms with Crippen LogP contribution in [0.3, 0.4) is 0 Å². The highest BCUT2D eigenvalue weighted by atomic mass is 16.5. The summed E-state index contributed by atoms with van der Waals surface area (Å²) in [6, 6.07) is 7.74. The number of methoxy groups -OCH3 is 1. The van der Waals surface area contributed by atoms with Gasteiger partial charge in [0.1, 0.15) is 17.8 Å². The van der Waals surface area contributed by atoms with Crippen LogP contribution >= 0.6 is 0 Å². The average Bonchev–Trinajstić information content (AvgIpc) is 3.09. The molecule has 2 unspecified atom stereocenters. The van der Waals surface area contributed by atoms with E-state index in [1.54, 1.807) is 13.2 Å². The molecule has 6 nitrogen and oxygen atoms in total. The maximum Gasteiger partial charge on any atom is 0.276 e. The van der Waals surface area contributed by atoms with E-state index >= 15 is 0 Å². The van der Waals surface area contributed by atoms with Gasteiger partial charge in [0, 0.05) is 18.7 Å². The van der Waals surface area contributed by atoms with Crippen molar-refractivity contribution >= 4 is 5.91 Å². The fourth-order valence-corrected chi connectivity index (χ4v) is 5.49. The van der Waals surface area contributed by atoms with Crippen LogP contribution in [0.25, 0.3) is 0 Å². The highest BCUT2D eigenvalue weighted by molar-refractivity contribution is 5.92. The zero-order chi connectivity index (χ0) is 19.1. The van der Waals surface area contributed by atoms with Crippen LogP contribution in [0.15, 0.2) is 34.9 Å². The monoisotopic (exact) mass is 382 g/mol. The highest BCUT2D eigenvalue weighted by Gasteiger charge is 2.44. The maximum absolute atomic E-state index is 13.1. The molecule has 2 saturated carbocycles. The van der Waals surface area contributed by atoms with Gasteiger partial charge in [-0.25, -0.2) is 4.98 Å². The predicted octanol–water partition coefficient (Wildman–Crippen LogP) is 3.91. The van der Waals surface area contributed by atoms with Crippen molar-refractivity contribution in [3.63, 3.8) is 0 Å². The molecule has 28 heavy (non-hydrogen) atoms. The number of hydrogen-bond acceptors (Lipinski definition) is 5. The standard InChI is InChI=1S/C22H26N2O4/c1-26-18-3-2-4-19(10-18)27-13-21-23-20(12-28-21)22(25)24-11-16-6-14-5-15(7-16)9-17(24)8-14/h2-4,10,12,14-17H,5-9,11,13H2,1H3/t14-,15+,16?,17?. The first-order valence-electron chi connectivity index (χ1n) is 10.2. The Morgan fingerprint density at radius 3 is 2.68 bits per heavy atom. The number of benzene rings is 1. The second kappa shape index (κ2) is 7.15. The zero-order valence-electron chi connectivity index (χ0n) is 16.2. The fourth-order valence-electron chi connectivity index (χ4n) is 5.49. The summed E-state index contributed by atoms with van der Waals surface area (Å²) in [5, 5.41) is 0. The summed E-state index contributed by atoms with van der Waals surface area (Å²) >= 11 is 0. The Kier molecular flexibility index (Phi) is 4.49. The minimum atomic E-state index is 0.00887. The summed E-state index contributed by atoms with van der Waals surface area (Å²) < 4.78 is 16.4. The third kappa shape index (κ3) is 3.36. The Labute approximate surface area is 164 Å². The first kappa shape index (κ1) is 17.6. The van der Waals surface area contributed by atoms with Crippen molar-refractivity contribution in [2.75, 3.05) is 13.7 Å². The van der Waals surface area contributed by atoms with Crippen molar-refractivity contribution in [3.8, 4) is 11.5 Å². The number of amides is 1. The van der Waals surface area contributed by atoms with E-state index in [2.05, 4.69) is 9.88 Å². The third-order valence-corrected chi connectivity index (χ3v) is 6.54. The lowest BCUT2D eigenvalue weighted by Gasteiger charge is -2.38. The van der Waals surface area contributed by atoms with E-state index in [-0.39, 0.29) is 12.5 Å². The van der Waals surface area contributed by atoms with Crippen LogP contribution in [0, 0.1) is 17.8 Å². The summed E-state index contributed by atoms with van der Waals surface area (Å²) in [5.41, 5.74) is 0.394. The maximum atomic E-state index is 13.1. The Morgan fingerprint density at radius 2 is 1.89 bits per heavy atom. The number of oxazole rings is 1. The van der Waals surface area contributed by atoms with Gasteiger partial charge in [-0.05, 0) is 62.0 Å². The molecule has 2 aliphatic carbocycles. The van der Waals surface area contributed by atoms with Crippen molar-refractivity contribution in [3.05, 3.63) is 42.1 Å². The molecule has 2 aliphatic heterocycles. The van der Waals surface area contributed by atoms with Gasteiger partial charge < -0.3 is 18.8 Å². The van der Waals surface area contributed by atoms with Crippen molar-refractivity contribution in [2.24, 2.45) is 17.8 Å². The van der Waals surface area contributed by atoms with Gasteiger partial charge in [0.05, 0.1) is 7.11 Å². The Balaban J connectivity index is 1.26. The number of aromatic nitrogens is 1. The van der Waals surface area contributed by atoms with Crippen molar-refractivity contribution in [1.82, 2.24) is 9.88 Å². The van der Waals surface area contributed by atoms with E-state index in [4.69, 9.17) is 13.9 Å². The number of fused-ring (bicyclic) bond motifs is 1. The number of hydrogen-bond donors (Lipinski definition) is 0. The molecule has 1 aromatic carbocycles. The SMILES string of the molecule is COc1cccc(OCc2nc(C(=O)N3CC4C[C@@H]5CC3C[C@H](C4)C5)co2)c1. The fraction of sp³-hybridized carbons (Fsp3) is 0.545. The second-order valence-electron chi connectivity index (χ2n) is 8.48. The first-order chi connectivity index (χ1) is 13.7. The van der Waals surface area contributed by atoms with Crippen molar-refractivity contribution < 1.29 is 18.7 Å². The summed E-state index contributed by atoms with van der Waals surface area (Å²) in [7, 11) is 1.62. The largest absolute Gasteiger partial charge is 0.497 e. The molecule has 0 N–H and O–H groups in total. The van der Waals surface area contributed by atoms with Gasteiger partial charge in [0.25, 0.3) is 5.91 Å². The number of carbonyl (C=O) groups excluding carboxylic acids is 1. The summed E-state index contributed by atoms with van der Waals surface area (Å²) in [6.07, 6.45) is 7.72. The van der Waals surface area contributed by atoms with E-state index in [9.17, 15) is 4.79 Å². The first-order valence-corrected chi connectivity index (χ1v) is 10.2. The van der Waals surface area contributed by atoms with Crippen LogP contribution in [-0.2, 0) is 6.61 Å². The molecule has 0 radical (unpaired) electrons. The molecule has 3 heterocycles. The topological polar surface area (TPSA) is 64.8 Å². The quantitative estimate of drug-likeness (QED) is 0.784. The summed E-state index contributed by atoms with van der Waals surface area (Å²) in [4.78, 5) is 19.6. The van der Waals surface area contributed by atoms with E-state index in [1.807, 2.05) is 18.2 Å². The minimum absolute atomic E-state index is 0.00887. The molecule has 4 atom stereocenters. The number of carbonyl (C=O) groups is 1. The van der Waals surface area contributed by atoms with Crippen LogP contribution < -0.4 is 9.47 Å². The van der Waals surface area contributed by atoms with Gasteiger partial charge >= 0.3 is 0 Å². The highest BCUT2D eigenvalue weighted by Crippen LogP contribution is 2.47. The second-order valence-corrected chi connectivity index (χ2v) is 8.48. The lowest BCUT2D eigenvalue weighted by atomic mass is 9.68. The van der Waals surface area contributed by atoms with Crippen molar-refractivity contribution in [1.29, 1.82) is 0 Å². The lowest BCUT2D eigenvalue weighted by Crippen LogP contribution is -2.42. The van der Waals surface area contributed by atoms with Crippen LogP contribution in [0.4, 0.5) is 0 Å². The Morgan fingerprint density at radius 1 is 1.14 bits per heavy atom. The number of nitrogens with zero attached hydrogens (tertiary/aromatic N) is 2. The zero-order valence-corrected chi connectivity index (χ0v) is 16.2. The van der Waals surface area contributed by atoms with Crippen LogP contribution in [0.5, 0.6) is 11.5 Å². The van der Waals surface area contributed by atoms with Gasteiger partial charge in [-0.2, -0.15) is 0 Å². The predicted molar refractivity (Wildman–Crippen MR) is 102 cm³/mol. The van der Waals surface area contributed by atoms with E-state index in [0.717, 1.165) is 37.0 Å². The molecule has 4 aliphatic rings. The Hall–Kier alpha value is -2.50. The Bertz CT molecular complexity index is 850. The van der Waals surface area contributed by atoms with E-state index < -0.39 is 0 Å². The number of rotatable bonds is 5. The van der Waals surface area contributed by atoms with Crippen LogP contribution in [-0.4, -0.2) is 35.5 Å². The minimum Gasteiger partial charge on any atom is -0.497 e. The van der Waals surface area contributed by atoms with Crippen LogP contribution in [0.1, 0.15) is 48.5 Å². The van der Waals surface area contributed by atoms with Gasteiger partial charge in [0.15, 0.2) is 12.3 Å². The van der Waals surface area contributed by atoms with E-state index in [1.165, 1.54) is 25.5 Å². The molecule has 0 spiro atoms. The van der Waals surface area contributed by atoms with Crippen molar-refractivity contribution in [2.45, 2.75) is 44.8 Å². The summed E-state index contributed by atoms with van der Waals surface area (Å²) in [6.45, 7) is 1.05. The molecule has 2 aromatic rings.